The van der Waals surface area contributed by atoms with Crippen molar-refractivity contribution in [2.75, 3.05) is 83.2 Å². The smallest absolute Gasteiger partial charge is 0.139 e. The predicted octanol–water partition coefficient (Wildman–Crippen LogP) is 7.82. The van der Waals surface area contributed by atoms with Crippen LogP contribution in [0.25, 0.3) is 55.5 Å². The van der Waals surface area contributed by atoms with Crippen molar-refractivity contribution in [1.82, 2.24) is 29.1 Å². The fourth-order valence-corrected chi connectivity index (χ4v) is 8.67. The third-order valence-corrected chi connectivity index (χ3v) is 12.3. The SMILES string of the molecule is COCCOc1ccc2c(c1)ncn2-c1ccc2cccc(N3CCC(C=O)CC3)c2n1.COCCOc1ccc2c(c1)ncn2-c1ccc2cccc(N3CCC(CO)CC3)c2n1. The molecule has 2 saturated heterocycles. The normalized spacial score (nSPS) is 14.9. The number of anilines is 2. The van der Waals surface area contributed by atoms with Crippen molar-refractivity contribution in [3.63, 3.8) is 0 Å². The number of aliphatic hydroxyl groups excluding tert-OH is 1. The Bertz CT molecular complexity index is 2850. The Morgan fingerprint density at radius 2 is 1.09 bits per heavy atom. The lowest BCUT2D eigenvalue weighted by Crippen LogP contribution is -2.34. The molecule has 2 aliphatic rings. The molecule has 0 spiro atoms. The van der Waals surface area contributed by atoms with Crippen molar-refractivity contribution in [1.29, 1.82) is 0 Å². The summed E-state index contributed by atoms with van der Waals surface area (Å²) in [6.07, 6.45) is 8.50. The summed E-state index contributed by atoms with van der Waals surface area (Å²) in [5, 5.41) is 11.7. The molecule has 0 amide bonds. The van der Waals surface area contributed by atoms with Gasteiger partial charge in [-0.05, 0) is 92.3 Å². The summed E-state index contributed by atoms with van der Waals surface area (Å²) in [6, 6.07) is 32.7. The van der Waals surface area contributed by atoms with E-state index in [-0.39, 0.29) is 12.5 Å². The predicted molar refractivity (Wildman–Crippen MR) is 251 cm³/mol. The maximum atomic E-state index is 11.1. The molecule has 4 aromatic carbocycles. The fraction of sp³-hybridized carbons (Fsp3) is 0.340. The quantitative estimate of drug-likeness (QED) is 0.0842. The van der Waals surface area contributed by atoms with Gasteiger partial charge in [-0.3, -0.25) is 9.13 Å². The zero-order valence-corrected chi connectivity index (χ0v) is 36.4. The lowest BCUT2D eigenvalue weighted by atomic mass is 9.97. The van der Waals surface area contributed by atoms with E-state index in [0.717, 1.165) is 137 Å². The lowest BCUT2D eigenvalue weighted by molar-refractivity contribution is -0.111. The molecule has 0 atom stereocenters. The van der Waals surface area contributed by atoms with Gasteiger partial charge in [0.15, 0.2) is 0 Å². The van der Waals surface area contributed by atoms with Gasteiger partial charge < -0.3 is 38.6 Å². The van der Waals surface area contributed by atoms with E-state index in [1.807, 2.05) is 64.0 Å². The number of imidazole rings is 2. The summed E-state index contributed by atoms with van der Waals surface area (Å²) < 4.78 is 25.5. The maximum Gasteiger partial charge on any atom is 0.139 e. The summed E-state index contributed by atoms with van der Waals surface area (Å²) in [7, 11) is 3.32. The second-order valence-corrected chi connectivity index (χ2v) is 16.3. The second kappa shape index (κ2) is 19.8. The Labute approximate surface area is 372 Å². The van der Waals surface area contributed by atoms with E-state index >= 15 is 0 Å². The first-order valence-electron chi connectivity index (χ1n) is 22.1. The Balaban J connectivity index is 0.000000162. The highest BCUT2D eigenvalue weighted by atomic mass is 16.5. The zero-order valence-electron chi connectivity index (χ0n) is 36.4. The molecule has 2 aliphatic heterocycles. The molecule has 10 rings (SSSR count). The number of ether oxygens (including phenoxy) is 4. The van der Waals surface area contributed by atoms with E-state index in [9.17, 15) is 9.90 Å². The van der Waals surface area contributed by atoms with Gasteiger partial charge in [0.25, 0.3) is 0 Å². The van der Waals surface area contributed by atoms with Crippen molar-refractivity contribution in [2.24, 2.45) is 11.8 Å². The van der Waals surface area contributed by atoms with E-state index in [1.54, 1.807) is 20.5 Å². The standard InChI is InChI=1S/C25H28N4O3.C25H26N4O3/c2*1-31-13-14-32-20-6-7-22-21(15-20)26-17-29(22)24-8-5-19-3-2-4-23(25(19)27-24)28-11-9-18(16-30)10-12-28/h2-8,15,17-18,30H,9-14,16H2,1H3;2-8,15-18H,9-14H2,1H3. The Morgan fingerprint density at radius 3 is 1.55 bits per heavy atom. The van der Waals surface area contributed by atoms with Gasteiger partial charge in [-0.15, -0.1) is 0 Å². The van der Waals surface area contributed by atoms with Crippen molar-refractivity contribution in [2.45, 2.75) is 25.7 Å². The van der Waals surface area contributed by atoms with E-state index in [4.69, 9.17) is 28.9 Å². The summed E-state index contributed by atoms with van der Waals surface area (Å²) in [5.41, 5.74) is 7.90. The second-order valence-electron chi connectivity index (χ2n) is 16.3. The number of para-hydroxylation sites is 2. The van der Waals surface area contributed by atoms with Gasteiger partial charge in [-0.2, -0.15) is 0 Å². The minimum atomic E-state index is 0.172. The summed E-state index contributed by atoms with van der Waals surface area (Å²) >= 11 is 0. The van der Waals surface area contributed by atoms with E-state index in [1.165, 1.54) is 0 Å². The number of pyridine rings is 2. The third-order valence-electron chi connectivity index (χ3n) is 12.3. The van der Waals surface area contributed by atoms with E-state index < -0.39 is 0 Å². The lowest BCUT2D eigenvalue weighted by Gasteiger charge is -2.33. The number of nitrogens with zero attached hydrogens (tertiary/aromatic N) is 8. The first-order valence-corrected chi connectivity index (χ1v) is 22.1. The number of aromatic nitrogens is 6. The van der Waals surface area contributed by atoms with Crippen LogP contribution in [0.3, 0.4) is 0 Å². The van der Waals surface area contributed by atoms with Crippen LogP contribution in [-0.2, 0) is 14.3 Å². The molecule has 14 heteroatoms. The first kappa shape index (κ1) is 42.7. The number of hydrogen-bond acceptors (Lipinski definition) is 12. The number of carbonyl (C=O) groups excluding carboxylic acids is 1. The highest BCUT2D eigenvalue weighted by Crippen LogP contribution is 2.33. The Morgan fingerprint density at radius 1 is 0.609 bits per heavy atom. The van der Waals surface area contributed by atoms with Crippen LogP contribution in [0.5, 0.6) is 11.5 Å². The molecule has 0 aliphatic carbocycles. The molecular weight excluding hydrogens is 809 g/mol. The van der Waals surface area contributed by atoms with Gasteiger partial charge in [0.05, 0.1) is 57.7 Å². The highest BCUT2D eigenvalue weighted by Gasteiger charge is 2.22. The Kier molecular flexibility index (Phi) is 13.2. The molecule has 330 valence electrons. The van der Waals surface area contributed by atoms with Crippen molar-refractivity contribution < 1.29 is 28.8 Å². The topological polar surface area (TPSA) is 142 Å². The first-order chi connectivity index (χ1) is 31.5. The number of piperidine rings is 2. The number of carbonyl (C=O) groups is 1. The molecule has 64 heavy (non-hydrogen) atoms. The molecular formula is C50H54N8O6. The van der Waals surface area contributed by atoms with Gasteiger partial charge in [-0.25, -0.2) is 19.9 Å². The average molecular weight is 863 g/mol. The summed E-state index contributed by atoms with van der Waals surface area (Å²) in [6.45, 7) is 6.00. The molecule has 0 unspecified atom stereocenters. The van der Waals surface area contributed by atoms with Crippen LogP contribution >= 0.6 is 0 Å². The van der Waals surface area contributed by atoms with Gasteiger partial charge in [0.2, 0.25) is 0 Å². The van der Waals surface area contributed by atoms with Crippen LogP contribution in [0.15, 0.2) is 110 Å². The van der Waals surface area contributed by atoms with Gasteiger partial charge in [0, 0.05) is 75.8 Å². The monoisotopic (exact) mass is 862 g/mol. The molecule has 6 heterocycles. The number of fused-ring (bicyclic) bond motifs is 4. The van der Waals surface area contributed by atoms with E-state index in [2.05, 4.69) is 68.3 Å². The van der Waals surface area contributed by atoms with Crippen molar-refractivity contribution in [3.05, 3.63) is 110 Å². The van der Waals surface area contributed by atoms with Crippen molar-refractivity contribution in [3.8, 4) is 23.1 Å². The molecule has 8 aromatic rings. The zero-order chi connectivity index (χ0) is 43.8. The molecule has 14 nitrogen and oxygen atoms in total. The van der Waals surface area contributed by atoms with Crippen LogP contribution < -0.4 is 19.3 Å². The molecule has 4 aromatic heterocycles. The van der Waals surface area contributed by atoms with Crippen LogP contribution in [-0.4, -0.2) is 114 Å². The van der Waals surface area contributed by atoms with Crippen molar-refractivity contribution >= 4 is 61.5 Å². The molecule has 2 fully saturated rings. The van der Waals surface area contributed by atoms with Crippen LogP contribution in [0.4, 0.5) is 11.4 Å². The number of hydrogen-bond donors (Lipinski definition) is 1. The number of aldehydes is 1. The summed E-state index contributed by atoms with van der Waals surface area (Å²) in [4.78, 5) is 35.1. The van der Waals surface area contributed by atoms with E-state index in [0.29, 0.717) is 32.3 Å². The number of rotatable bonds is 14. The third kappa shape index (κ3) is 9.21. The Hall–Kier alpha value is -6.61. The molecule has 1 N–H and O–H groups in total. The van der Waals surface area contributed by atoms with Crippen LogP contribution in [0.1, 0.15) is 25.7 Å². The van der Waals surface area contributed by atoms with Gasteiger partial charge >= 0.3 is 0 Å². The van der Waals surface area contributed by atoms with Crippen LogP contribution in [0.2, 0.25) is 0 Å². The fourth-order valence-electron chi connectivity index (χ4n) is 8.67. The minimum Gasteiger partial charge on any atom is -0.491 e. The highest BCUT2D eigenvalue weighted by molar-refractivity contribution is 5.93. The minimum absolute atomic E-state index is 0.172. The number of methoxy groups -OCH3 is 2. The van der Waals surface area contributed by atoms with Crippen LogP contribution in [0, 0.1) is 11.8 Å². The number of aliphatic hydroxyl groups is 1. The van der Waals surface area contributed by atoms with Gasteiger partial charge in [0.1, 0.15) is 55.3 Å². The maximum absolute atomic E-state index is 11.1. The largest absolute Gasteiger partial charge is 0.491 e. The average Bonchev–Trinajstić information content (AvgIpc) is 3.98. The molecule has 0 radical (unpaired) electrons. The number of benzene rings is 4. The molecule has 0 saturated carbocycles. The molecule has 0 bridgehead atoms. The summed E-state index contributed by atoms with van der Waals surface area (Å²) in [5.74, 6) is 3.79. The van der Waals surface area contributed by atoms with Gasteiger partial charge in [-0.1, -0.05) is 24.3 Å².